The second-order valence-electron chi connectivity index (χ2n) is 5.68. The summed E-state index contributed by atoms with van der Waals surface area (Å²) in [7, 11) is 0. The first-order valence-corrected chi connectivity index (χ1v) is 7.45. The molecule has 2 aromatic carbocycles. The largest absolute Gasteiger partial charge is 0.479 e. The number of amides is 2. The number of nitrogens with one attached hydrogen (secondary N) is 2. The first kappa shape index (κ1) is 15.1. The van der Waals surface area contributed by atoms with Crippen molar-refractivity contribution in [3.8, 4) is 5.75 Å². The molecule has 2 aromatic rings. The lowest BCUT2D eigenvalue weighted by Gasteiger charge is -2.23. The molecule has 2 amide bonds. The zero-order chi connectivity index (χ0) is 16.6. The normalized spacial score (nSPS) is 16.1. The third kappa shape index (κ3) is 2.90. The summed E-state index contributed by atoms with van der Waals surface area (Å²) in [5, 5.41) is 5.69. The third-order valence-corrected chi connectivity index (χ3v) is 3.89. The highest BCUT2D eigenvalue weighted by Crippen LogP contribution is 2.31. The van der Waals surface area contributed by atoms with Gasteiger partial charge in [-0.05, 0) is 50.1 Å². The molecule has 5 nitrogen and oxygen atoms in total. The predicted octanol–water partition coefficient (Wildman–Crippen LogP) is 3.28. The summed E-state index contributed by atoms with van der Waals surface area (Å²) >= 11 is 0. The Morgan fingerprint density at radius 2 is 1.87 bits per heavy atom. The van der Waals surface area contributed by atoms with Crippen LogP contribution >= 0.6 is 0 Å². The Morgan fingerprint density at radius 3 is 2.57 bits per heavy atom. The molecule has 0 aromatic heterocycles. The van der Waals surface area contributed by atoms with E-state index in [9.17, 15) is 9.59 Å². The van der Waals surface area contributed by atoms with Crippen molar-refractivity contribution in [2.24, 2.45) is 0 Å². The quantitative estimate of drug-likeness (QED) is 0.894. The van der Waals surface area contributed by atoms with Crippen LogP contribution in [0.2, 0.25) is 0 Å². The SMILES string of the molecule is Cc1cccc(C)c1NC(=O)c1ccc2c(c1)OC(C)C(=O)N2. The molecule has 0 bridgehead atoms. The number of rotatable bonds is 2. The number of hydrogen-bond acceptors (Lipinski definition) is 3. The average molecular weight is 310 g/mol. The molecule has 3 rings (SSSR count). The number of carbonyl (C=O) groups excluding carboxylic acids is 2. The van der Waals surface area contributed by atoms with Crippen LogP contribution in [0.15, 0.2) is 36.4 Å². The van der Waals surface area contributed by atoms with Gasteiger partial charge >= 0.3 is 0 Å². The third-order valence-electron chi connectivity index (χ3n) is 3.89. The van der Waals surface area contributed by atoms with Crippen molar-refractivity contribution in [3.63, 3.8) is 0 Å². The molecule has 1 atom stereocenters. The van der Waals surface area contributed by atoms with Crippen molar-refractivity contribution in [2.45, 2.75) is 26.9 Å². The van der Waals surface area contributed by atoms with Gasteiger partial charge in [-0.1, -0.05) is 18.2 Å². The van der Waals surface area contributed by atoms with Gasteiger partial charge in [-0.3, -0.25) is 9.59 Å². The lowest BCUT2D eigenvalue weighted by molar-refractivity contribution is -0.122. The monoisotopic (exact) mass is 310 g/mol. The Balaban J connectivity index is 1.86. The number of para-hydroxylation sites is 1. The molecular formula is C18H18N2O3. The fourth-order valence-corrected chi connectivity index (χ4v) is 2.54. The van der Waals surface area contributed by atoms with E-state index >= 15 is 0 Å². The highest BCUT2D eigenvalue weighted by Gasteiger charge is 2.24. The van der Waals surface area contributed by atoms with E-state index in [2.05, 4.69) is 10.6 Å². The maximum absolute atomic E-state index is 12.5. The Bertz CT molecular complexity index is 779. The van der Waals surface area contributed by atoms with Gasteiger partial charge in [0.1, 0.15) is 5.75 Å². The minimum Gasteiger partial charge on any atom is -0.479 e. The predicted molar refractivity (Wildman–Crippen MR) is 89.0 cm³/mol. The summed E-state index contributed by atoms with van der Waals surface area (Å²) in [5.41, 5.74) is 3.89. The van der Waals surface area contributed by atoms with Crippen molar-refractivity contribution < 1.29 is 14.3 Å². The van der Waals surface area contributed by atoms with Gasteiger partial charge in [-0.15, -0.1) is 0 Å². The first-order chi connectivity index (χ1) is 11.0. The van der Waals surface area contributed by atoms with Crippen LogP contribution in [0.25, 0.3) is 0 Å². The van der Waals surface area contributed by atoms with Crippen molar-refractivity contribution in [1.29, 1.82) is 0 Å². The topological polar surface area (TPSA) is 67.4 Å². The highest BCUT2D eigenvalue weighted by atomic mass is 16.5. The molecule has 1 heterocycles. The van der Waals surface area contributed by atoms with Gasteiger partial charge in [0.05, 0.1) is 5.69 Å². The van der Waals surface area contributed by atoms with Crippen LogP contribution in [0.4, 0.5) is 11.4 Å². The number of ether oxygens (including phenoxy) is 1. The van der Waals surface area contributed by atoms with E-state index in [1.54, 1.807) is 25.1 Å². The molecule has 2 N–H and O–H groups in total. The van der Waals surface area contributed by atoms with E-state index in [1.807, 2.05) is 32.0 Å². The standard InChI is InChI=1S/C18H18N2O3/c1-10-5-4-6-11(2)16(10)20-18(22)13-7-8-14-15(9-13)23-12(3)17(21)19-14/h4-9,12H,1-3H3,(H,19,21)(H,20,22). The molecule has 118 valence electrons. The first-order valence-electron chi connectivity index (χ1n) is 7.45. The van der Waals surface area contributed by atoms with Crippen LogP contribution in [0.3, 0.4) is 0 Å². The fourth-order valence-electron chi connectivity index (χ4n) is 2.54. The van der Waals surface area contributed by atoms with Gasteiger partial charge in [0.25, 0.3) is 11.8 Å². The number of carbonyl (C=O) groups is 2. The van der Waals surface area contributed by atoms with E-state index in [-0.39, 0.29) is 11.8 Å². The maximum Gasteiger partial charge on any atom is 0.265 e. The van der Waals surface area contributed by atoms with Gasteiger partial charge < -0.3 is 15.4 Å². The maximum atomic E-state index is 12.5. The zero-order valence-electron chi connectivity index (χ0n) is 13.3. The van der Waals surface area contributed by atoms with Crippen molar-refractivity contribution in [1.82, 2.24) is 0 Å². The van der Waals surface area contributed by atoms with Gasteiger partial charge in [0, 0.05) is 11.3 Å². The van der Waals surface area contributed by atoms with Crippen LogP contribution < -0.4 is 15.4 Å². The molecule has 1 aliphatic rings. The zero-order valence-corrected chi connectivity index (χ0v) is 13.3. The van der Waals surface area contributed by atoms with E-state index in [0.717, 1.165) is 16.8 Å². The second kappa shape index (κ2) is 5.76. The molecular weight excluding hydrogens is 292 g/mol. The van der Waals surface area contributed by atoms with E-state index in [1.165, 1.54) is 0 Å². The van der Waals surface area contributed by atoms with Crippen molar-refractivity contribution in [3.05, 3.63) is 53.1 Å². The van der Waals surface area contributed by atoms with E-state index < -0.39 is 6.10 Å². The molecule has 0 fully saturated rings. The van der Waals surface area contributed by atoms with E-state index in [4.69, 9.17) is 4.74 Å². The molecule has 1 unspecified atom stereocenters. The Hall–Kier alpha value is -2.82. The summed E-state index contributed by atoms with van der Waals surface area (Å²) < 4.78 is 5.54. The Kier molecular flexibility index (Phi) is 3.78. The number of fused-ring (bicyclic) bond motifs is 1. The van der Waals surface area contributed by atoms with Crippen LogP contribution in [0.1, 0.15) is 28.4 Å². The van der Waals surface area contributed by atoms with Gasteiger partial charge in [0.2, 0.25) is 0 Å². The molecule has 23 heavy (non-hydrogen) atoms. The number of benzene rings is 2. The van der Waals surface area contributed by atoms with Crippen molar-refractivity contribution >= 4 is 23.2 Å². The smallest absolute Gasteiger partial charge is 0.265 e. The molecule has 0 aliphatic carbocycles. The summed E-state index contributed by atoms with van der Waals surface area (Å²) in [6.07, 6.45) is -0.570. The Morgan fingerprint density at radius 1 is 1.17 bits per heavy atom. The summed E-state index contributed by atoms with van der Waals surface area (Å²) in [5.74, 6) is 0.106. The second-order valence-corrected chi connectivity index (χ2v) is 5.68. The van der Waals surface area contributed by atoms with Crippen LogP contribution in [0.5, 0.6) is 5.75 Å². The summed E-state index contributed by atoms with van der Waals surface area (Å²) in [6.45, 7) is 5.58. The lowest BCUT2D eigenvalue weighted by atomic mass is 10.1. The summed E-state index contributed by atoms with van der Waals surface area (Å²) in [4.78, 5) is 24.1. The number of anilines is 2. The molecule has 0 spiro atoms. The number of hydrogen-bond donors (Lipinski definition) is 2. The van der Waals surface area contributed by atoms with Crippen LogP contribution in [0, 0.1) is 13.8 Å². The van der Waals surface area contributed by atoms with E-state index in [0.29, 0.717) is 17.0 Å². The van der Waals surface area contributed by atoms with Gasteiger partial charge in [-0.25, -0.2) is 0 Å². The highest BCUT2D eigenvalue weighted by molar-refractivity contribution is 6.06. The Labute approximate surface area is 134 Å². The average Bonchev–Trinajstić information content (AvgIpc) is 2.51. The summed E-state index contributed by atoms with van der Waals surface area (Å²) in [6, 6.07) is 10.9. The minimum absolute atomic E-state index is 0.190. The van der Waals surface area contributed by atoms with Crippen LogP contribution in [-0.2, 0) is 4.79 Å². The molecule has 1 aliphatic heterocycles. The lowest BCUT2D eigenvalue weighted by Crippen LogP contribution is -2.34. The minimum atomic E-state index is -0.570. The molecule has 0 radical (unpaired) electrons. The van der Waals surface area contributed by atoms with Gasteiger partial charge in [-0.2, -0.15) is 0 Å². The van der Waals surface area contributed by atoms with Gasteiger partial charge in [0.15, 0.2) is 6.10 Å². The molecule has 0 saturated carbocycles. The molecule has 0 saturated heterocycles. The van der Waals surface area contributed by atoms with Crippen molar-refractivity contribution in [2.75, 3.05) is 10.6 Å². The molecule has 5 heteroatoms. The van der Waals surface area contributed by atoms with Crippen LogP contribution in [-0.4, -0.2) is 17.9 Å². The number of aryl methyl sites for hydroxylation is 2. The fraction of sp³-hybridized carbons (Fsp3) is 0.222.